The minimum atomic E-state index is -0.381. The number of hydrazone groups is 1. The van der Waals surface area contributed by atoms with Gasteiger partial charge in [-0.15, -0.1) is 0 Å². The van der Waals surface area contributed by atoms with Crippen molar-refractivity contribution >= 4 is 66.6 Å². The number of aryl methyl sites for hydroxylation is 1. The van der Waals surface area contributed by atoms with Crippen molar-refractivity contribution in [3.63, 3.8) is 0 Å². The Morgan fingerprint density at radius 3 is 2.71 bits per heavy atom. The molecule has 0 fully saturated rings. The number of aromatic nitrogens is 2. The van der Waals surface area contributed by atoms with Gasteiger partial charge >= 0.3 is 0 Å². The first-order valence-corrected chi connectivity index (χ1v) is 12.6. The lowest BCUT2D eigenvalue weighted by atomic mass is 10.2. The molecule has 0 aliphatic heterocycles. The Kier molecular flexibility index (Phi) is 7.50. The molecule has 0 aliphatic carbocycles. The quantitative estimate of drug-likeness (QED) is 0.138. The maximum atomic E-state index is 13.3. The van der Waals surface area contributed by atoms with Crippen LogP contribution >= 0.6 is 43.6 Å². The minimum Gasteiger partial charge on any atom is -0.506 e. The van der Waals surface area contributed by atoms with E-state index in [4.69, 9.17) is 0 Å². The Balaban J connectivity index is 1.58. The third-order valence-corrected chi connectivity index (χ3v) is 6.89. The van der Waals surface area contributed by atoms with E-state index in [9.17, 15) is 14.7 Å². The van der Waals surface area contributed by atoms with Crippen LogP contribution in [0.1, 0.15) is 11.1 Å². The van der Waals surface area contributed by atoms with Gasteiger partial charge in [0.2, 0.25) is 0 Å². The highest BCUT2D eigenvalue weighted by Crippen LogP contribution is 2.30. The monoisotopic (exact) mass is 600 g/mol. The highest BCUT2D eigenvalue weighted by Gasteiger charge is 2.16. The predicted molar refractivity (Wildman–Crippen MR) is 142 cm³/mol. The maximum Gasteiger partial charge on any atom is 0.266 e. The number of phenols is 1. The highest BCUT2D eigenvalue weighted by molar-refractivity contribution is 9.11. The van der Waals surface area contributed by atoms with Crippen molar-refractivity contribution in [1.82, 2.24) is 15.0 Å². The molecule has 10 heteroatoms. The molecule has 0 saturated heterocycles. The molecular formula is C24H18Br2N4O3S. The zero-order valence-corrected chi connectivity index (χ0v) is 21.8. The molecule has 34 heavy (non-hydrogen) atoms. The normalized spacial score (nSPS) is 11.3. The van der Waals surface area contributed by atoms with Gasteiger partial charge in [0.15, 0.2) is 5.16 Å². The number of nitrogens with zero attached hydrogens (tertiary/aromatic N) is 3. The molecule has 1 amide bonds. The molecule has 2 N–H and O–H groups in total. The zero-order valence-electron chi connectivity index (χ0n) is 17.8. The van der Waals surface area contributed by atoms with Gasteiger partial charge in [-0.2, -0.15) is 5.10 Å². The van der Waals surface area contributed by atoms with Gasteiger partial charge in [0.25, 0.3) is 11.5 Å². The first-order chi connectivity index (χ1) is 16.3. The van der Waals surface area contributed by atoms with Crippen LogP contribution in [0.25, 0.3) is 16.6 Å². The van der Waals surface area contributed by atoms with Crippen LogP contribution in [0.5, 0.6) is 5.75 Å². The molecule has 0 saturated carbocycles. The zero-order chi connectivity index (χ0) is 24.2. The van der Waals surface area contributed by atoms with E-state index in [1.807, 2.05) is 37.3 Å². The molecule has 4 rings (SSSR count). The first-order valence-electron chi connectivity index (χ1n) is 10.1. The standard InChI is InChI=1S/C24H18Br2N4O3S/c1-14-6-2-5-9-20(14)30-23(33)17-7-3-4-8-19(17)28-24(30)34-13-21(31)29-27-12-15-10-16(25)11-18(26)22(15)32/h2-12,32H,13H2,1H3,(H,29,31). The number of halogens is 2. The number of rotatable bonds is 6. The molecule has 0 radical (unpaired) electrons. The summed E-state index contributed by atoms with van der Waals surface area (Å²) in [5, 5.41) is 14.9. The molecule has 0 unspecified atom stereocenters. The Hall–Kier alpha value is -2.95. The van der Waals surface area contributed by atoms with Crippen LogP contribution in [-0.4, -0.2) is 32.5 Å². The second kappa shape index (κ2) is 10.5. The summed E-state index contributed by atoms with van der Waals surface area (Å²) in [6, 6.07) is 18.0. The second-order valence-corrected chi connectivity index (χ2v) is 9.96. The molecule has 0 bridgehead atoms. The fraction of sp³-hybridized carbons (Fsp3) is 0.0833. The van der Waals surface area contributed by atoms with Gasteiger partial charge in [0.1, 0.15) is 5.75 Å². The van der Waals surface area contributed by atoms with Gasteiger partial charge in [-0.3, -0.25) is 14.2 Å². The number of carbonyl (C=O) groups is 1. The predicted octanol–water partition coefficient (Wildman–Crippen LogP) is 5.17. The molecule has 1 heterocycles. The summed E-state index contributed by atoms with van der Waals surface area (Å²) in [4.78, 5) is 30.4. The molecule has 0 atom stereocenters. The van der Waals surface area contributed by atoms with Crippen molar-refractivity contribution in [1.29, 1.82) is 0 Å². The number of phenolic OH excluding ortho intramolecular Hbond substituents is 1. The lowest BCUT2D eigenvalue weighted by molar-refractivity contribution is -0.118. The molecule has 3 aromatic carbocycles. The van der Waals surface area contributed by atoms with E-state index in [2.05, 4.69) is 47.4 Å². The molecule has 7 nitrogen and oxygen atoms in total. The van der Waals surface area contributed by atoms with Crippen LogP contribution < -0.4 is 11.0 Å². The number of para-hydroxylation sites is 2. The van der Waals surface area contributed by atoms with Gasteiger partial charge in [-0.25, -0.2) is 10.4 Å². The van der Waals surface area contributed by atoms with Gasteiger partial charge < -0.3 is 5.11 Å². The lowest BCUT2D eigenvalue weighted by Crippen LogP contribution is -2.24. The molecule has 4 aromatic rings. The van der Waals surface area contributed by atoms with Crippen molar-refractivity contribution in [2.75, 3.05) is 5.75 Å². The van der Waals surface area contributed by atoms with E-state index in [1.165, 1.54) is 10.8 Å². The number of fused-ring (bicyclic) bond motifs is 1. The van der Waals surface area contributed by atoms with E-state index in [-0.39, 0.29) is 23.0 Å². The number of thioether (sulfide) groups is 1. The molecule has 0 spiro atoms. The van der Waals surface area contributed by atoms with E-state index in [1.54, 1.807) is 30.3 Å². The highest BCUT2D eigenvalue weighted by atomic mass is 79.9. The van der Waals surface area contributed by atoms with Crippen LogP contribution in [0.15, 0.2) is 84.7 Å². The van der Waals surface area contributed by atoms with Crippen molar-refractivity contribution in [3.05, 3.63) is 91.1 Å². The van der Waals surface area contributed by atoms with Crippen molar-refractivity contribution in [3.8, 4) is 11.4 Å². The summed E-state index contributed by atoms with van der Waals surface area (Å²) in [5.74, 6) is -0.381. The average molecular weight is 602 g/mol. The maximum absolute atomic E-state index is 13.3. The SMILES string of the molecule is Cc1ccccc1-n1c(SCC(=O)NN=Cc2cc(Br)cc(Br)c2O)nc2ccccc2c1=O. The van der Waals surface area contributed by atoms with Crippen molar-refractivity contribution in [2.45, 2.75) is 12.1 Å². The number of nitrogens with one attached hydrogen (secondary N) is 1. The number of hydrogen-bond donors (Lipinski definition) is 2. The Bertz CT molecular complexity index is 1490. The number of aromatic hydroxyl groups is 1. The largest absolute Gasteiger partial charge is 0.506 e. The number of amides is 1. The third-order valence-electron chi connectivity index (χ3n) is 4.88. The first kappa shape index (κ1) is 24.2. The minimum absolute atomic E-state index is 0.0117. The van der Waals surface area contributed by atoms with Gasteiger partial charge in [0.05, 0.1) is 33.0 Å². The summed E-state index contributed by atoms with van der Waals surface area (Å²) in [5.41, 5.74) is 4.86. The number of carbonyl (C=O) groups excluding carboxylic acids is 1. The van der Waals surface area contributed by atoms with Crippen LogP contribution in [0, 0.1) is 6.92 Å². The van der Waals surface area contributed by atoms with E-state index < -0.39 is 0 Å². The third kappa shape index (κ3) is 5.24. The summed E-state index contributed by atoms with van der Waals surface area (Å²) < 4.78 is 2.79. The Morgan fingerprint density at radius 1 is 1.18 bits per heavy atom. The fourth-order valence-corrected chi connectivity index (χ4v) is 5.31. The lowest BCUT2D eigenvalue weighted by Gasteiger charge is -2.14. The number of hydrogen-bond acceptors (Lipinski definition) is 6. The molecule has 0 aliphatic rings. The van der Waals surface area contributed by atoms with E-state index in [0.717, 1.165) is 21.8 Å². The van der Waals surface area contributed by atoms with Gasteiger partial charge in [-0.1, -0.05) is 58.0 Å². The van der Waals surface area contributed by atoms with Gasteiger partial charge in [-0.05, 0) is 58.7 Å². The summed E-state index contributed by atoms with van der Waals surface area (Å²) >= 11 is 7.74. The van der Waals surface area contributed by atoms with Crippen LogP contribution in [0.4, 0.5) is 0 Å². The Labute approximate surface area is 216 Å². The van der Waals surface area contributed by atoms with Crippen LogP contribution in [0.2, 0.25) is 0 Å². The van der Waals surface area contributed by atoms with Crippen LogP contribution in [0.3, 0.4) is 0 Å². The molecular weight excluding hydrogens is 584 g/mol. The summed E-state index contributed by atoms with van der Waals surface area (Å²) in [6.07, 6.45) is 1.35. The Morgan fingerprint density at radius 2 is 1.91 bits per heavy atom. The second-order valence-electron chi connectivity index (χ2n) is 7.25. The topological polar surface area (TPSA) is 96.6 Å². The van der Waals surface area contributed by atoms with E-state index in [0.29, 0.717) is 31.8 Å². The summed E-state index contributed by atoms with van der Waals surface area (Å²) in [6.45, 7) is 1.92. The van der Waals surface area contributed by atoms with Gasteiger partial charge in [0, 0.05) is 10.0 Å². The summed E-state index contributed by atoms with van der Waals surface area (Å²) in [7, 11) is 0. The number of benzene rings is 3. The van der Waals surface area contributed by atoms with Crippen LogP contribution in [-0.2, 0) is 4.79 Å². The van der Waals surface area contributed by atoms with Crippen molar-refractivity contribution in [2.24, 2.45) is 5.10 Å². The average Bonchev–Trinajstić information content (AvgIpc) is 2.81. The molecule has 172 valence electrons. The molecule has 1 aromatic heterocycles. The fourth-order valence-electron chi connectivity index (χ4n) is 3.26. The smallest absolute Gasteiger partial charge is 0.266 e. The van der Waals surface area contributed by atoms with E-state index >= 15 is 0 Å². The van der Waals surface area contributed by atoms with Crippen molar-refractivity contribution < 1.29 is 9.90 Å².